The summed E-state index contributed by atoms with van der Waals surface area (Å²) in [6.45, 7) is 12.0. The van der Waals surface area contributed by atoms with Crippen LogP contribution in [0.2, 0.25) is 0 Å². The molecule has 1 unspecified atom stereocenters. The first-order valence-corrected chi connectivity index (χ1v) is 8.02. The van der Waals surface area contributed by atoms with E-state index in [2.05, 4.69) is 45.8 Å². The SMILES string of the molecule is CCCN(Cc1ncnn1CC(C)C)C1CCCNC1. The summed E-state index contributed by atoms with van der Waals surface area (Å²) in [7, 11) is 0. The third kappa shape index (κ3) is 4.28. The van der Waals surface area contributed by atoms with Gasteiger partial charge in [-0.25, -0.2) is 9.67 Å². The zero-order valence-corrected chi connectivity index (χ0v) is 13.2. The Morgan fingerprint density at radius 3 is 3.00 bits per heavy atom. The summed E-state index contributed by atoms with van der Waals surface area (Å²) in [5.74, 6) is 1.71. The molecule has 0 spiro atoms. The van der Waals surface area contributed by atoms with E-state index in [4.69, 9.17) is 0 Å². The minimum Gasteiger partial charge on any atom is -0.315 e. The second kappa shape index (κ2) is 7.74. The highest BCUT2D eigenvalue weighted by molar-refractivity contribution is 4.88. The van der Waals surface area contributed by atoms with Crippen LogP contribution in [-0.2, 0) is 13.1 Å². The van der Waals surface area contributed by atoms with Crippen molar-refractivity contribution >= 4 is 0 Å². The predicted octanol–water partition coefficient (Wildman–Crippen LogP) is 1.90. The highest BCUT2D eigenvalue weighted by Crippen LogP contribution is 2.14. The largest absolute Gasteiger partial charge is 0.315 e. The molecule has 0 radical (unpaired) electrons. The zero-order chi connectivity index (χ0) is 14.4. The minimum atomic E-state index is 0.603. The summed E-state index contributed by atoms with van der Waals surface area (Å²) in [6, 6.07) is 0.646. The van der Waals surface area contributed by atoms with E-state index in [1.54, 1.807) is 6.33 Å². The van der Waals surface area contributed by atoms with Crippen molar-refractivity contribution in [2.75, 3.05) is 19.6 Å². The number of nitrogens with zero attached hydrogens (tertiary/aromatic N) is 4. The summed E-state index contributed by atoms with van der Waals surface area (Å²) < 4.78 is 2.07. The van der Waals surface area contributed by atoms with Crippen LogP contribution < -0.4 is 5.32 Å². The molecule has 1 N–H and O–H groups in total. The summed E-state index contributed by atoms with van der Waals surface area (Å²) in [5, 5.41) is 7.89. The molecule has 5 heteroatoms. The molecule has 1 aromatic rings. The average Bonchev–Trinajstić information content (AvgIpc) is 2.86. The fourth-order valence-electron chi connectivity index (χ4n) is 2.91. The van der Waals surface area contributed by atoms with Crippen LogP contribution in [0.15, 0.2) is 6.33 Å². The maximum atomic E-state index is 4.48. The Bertz CT molecular complexity index is 381. The highest BCUT2D eigenvalue weighted by Gasteiger charge is 2.22. The summed E-state index contributed by atoms with van der Waals surface area (Å²) in [5.41, 5.74) is 0. The monoisotopic (exact) mass is 279 g/mol. The van der Waals surface area contributed by atoms with Crippen molar-refractivity contribution in [2.24, 2.45) is 5.92 Å². The van der Waals surface area contributed by atoms with Gasteiger partial charge in [-0.15, -0.1) is 0 Å². The number of hydrogen-bond donors (Lipinski definition) is 1. The van der Waals surface area contributed by atoms with Gasteiger partial charge in [0.15, 0.2) is 0 Å². The van der Waals surface area contributed by atoms with Gasteiger partial charge in [0, 0.05) is 19.1 Å². The summed E-state index contributed by atoms with van der Waals surface area (Å²) >= 11 is 0. The molecule has 1 aliphatic rings. The van der Waals surface area contributed by atoms with Crippen LogP contribution in [0.25, 0.3) is 0 Å². The van der Waals surface area contributed by atoms with Crippen molar-refractivity contribution in [3.05, 3.63) is 12.2 Å². The Morgan fingerprint density at radius 2 is 2.35 bits per heavy atom. The third-order valence-corrected chi connectivity index (χ3v) is 3.88. The van der Waals surface area contributed by atoms with Gasteiger partial charge in [-0.05, 0) is 38.3 Å². The predicted molar refractivity (Wildman–Crippen MR) is 81.5 cm³/mol. The van der Waals surface area contributed by atoms with Gasteiger partial charge in [0.25, 0.3) is 0 Å². The van der Waals surface area contributed by atoms with E-state index >= 15 is 0 Å². The molecule has 1 aliphatic heterocycles. The van der Waals surface area contributed by atoms with Gasteiger partial charge in [-0.2, -0.15) is 5.10 Å². The molecule has 1 atom stereocenters. The molecule has 2 heterocycles. The number of nitrogens with one attached hydrogen (secondary N) is 1. The van der Waals surface area contributed by atoms with Gasteiger partial charge >= 0.3 is 0 Å². The molecule has 5 nitrogen and oxygen atoms in total. The average molecular weight is 279 g/mol. The number of piperidine rings is 1. The normalized spacial score (nSPS) is 19.9. The van der Waals surface area contributed by atoms with Gasteiger partial charge in [0.05, 0.1) is 6.54 Å². The van der Waals surface area contributed by atoms with E-state index in [0.717, 1.165) is 32.0 Å². The van der Waals surface area contributed by atoms with Gasteiger partial charge < -0.3 is 5.32 Å². The minimum absolute atomic E-state index is 0.603. The molecule has 0 bridgehead atoms. The highest BCUT2D eigenvalue weighted by atomic mass is 15.4. The first kappa shape index (κ1) is 15.4. The van der Waals surface area contributed by atoms with Crippen molar-refractivity contribution in [3.63, 3.8) is 0 Å². The Balaban J connectivity index is 2.01. The number of aromatic nitrogens is 3. The Kier molecular flexibility index (Phi) is 5.98. The van der Waals surface area contributed by atoms with E-state index in [1.165, 1.54) is 25.8 Å². The van der Waals surface area contributed by atoms with E-state index in [-0.39, 0.29) is 0 Å². The standard InChI is InChI=1S/C15H29N5/c1-4-8-19(14-6-5-7-16-9-14)11-15-17-12-18-20(15)10-13(2)3/h12-14,16H,4-11H2,1-3H3. The second-order valence-corrected chi connectivity index (χ2v) is 6.22. The van der Waals surface area contributed by atoms with Crippen molar-refractivity contribution in [1.82, 2.24) is 25.0 Å². The third-order valence-electron chi connectivity index (χ3n) is 3.88. The lowest BCUT2D eigenvalue weighted by molar-refractivity contribution is 0.151. The lowest BCUT2D eigenvalue weighted by Gasteiger charge is -2.34. The van der Waals surface area contributed by atoms with Crippen LogP contribution in [0.5, 0.6) is 0 Å². The maximum absolute atomic E-state index is 4.48. The van der Waals surface area contributed by atoms with E-state index in [9.17, 15) is 0 Å². The lowest BCUT2D eigenvalue weighted by atomic mass is 10.1. The molecule has 114 valence electrons. The van der Waals surface area contributed by atoms with Crippen molar-refractivity contribution in [2.45, 2.75) is 59.2 Å². The fourth-order valence-corrected chi connectivity index (χ4v) is 2.91. The molecule has 1 saturated heterocycles. The molecule has 2 rings (SSSR count). The molecule has 1 aromatic heterocycles. The Labute approximate surface area is 122 Å². The fraction of sp³-hybridized carbons (Fsp3) is 0.867. The number of hydrogen-bond acceptors (Lipinski definition) is 4. The van der Waals surface area contributed by atoms with Gasteiger partial charge in [-0.3, -0.25) is 4.90 Å². The van der Waals surface area contributed by atoms with E-state index < -0.39 is 0 Å². The molecule has 0 saturated carbocycles. The van der Waals surface area contributed by atoms with E-state index in [1.807, 2.05) is 0 Å². The molecule has 0 aromatic carbocycles. The maximum Gasteiger partial charge on any atom is 0.141 e. The van der Waals surface area contributed by atoms with E-state index in [0.29, 0.717) is 12.0 Å². The molecule has 0 aliphatic carbocycles. The van der Waals surface area contributed by atoms with Gasteiger partial charge in [0.1, 0.15) is 12.2 Å². The number of rotatable bonds is 7. The molecule has 0 amide bonds. The topological polar surface area (TPSA) is 46.0 Å². The Hall–Kier alpha value is -0.940. The van der Waals surface area contributed by atoms with Gasteiger partial charge in [0.2, 0.25) is 0 Å². The van der Waals surface area contributed by atoms with Crippen molar-refractivity contribution in [3.8, 4) is 0 Å². The quantitative estimate of drug-likeness (QED) is 0.828. The first-order valence-electron chi connectivity index (χ1n) is 8.02. The lowest BCUT2D eigenvalue weighted by Crippen LogP contribution is -2.46. The van der Waals surface area contributed by atoms with Crippen LogP contribution in [0, 0.1) is 5.92 Å². The zero-order valence-electron chi connectivity index (χ0n) is 13.2. The second-order valence-electron chi connectivity index (χ2n) is 6.22. The van der Waals surface area contributed by atoms with Crippen LogP contribution >= 0.6 is 0 Å². The molecule has 20 heavy (non-hydrogen) atoms. The first-order chi connectivity index (χ1) is 9.70. The van der Waals surface area contributed by atoms with Gasteiger partial charge in [-0.1, -0.05) is 20.8 Å². The van der Waals surface area contributed by atoms with Crippen LogP contribution in [-0.4, -0.2) is 45.3 Å². The van der Waals surface area contributed by atoms with Crippen molar-refractivity contribution < 1.29 is 0 Å². The van der Waals surface area contributed by atoms with Crippen LogP contribution in [0.4, 0.5) is 0 Å². The molecular weight excluding hydrogens is 250 g/mol. The smallest absolute Gasteiger partial charge is 0.141 e. The molecular formula is C15H29N5. The summed E-state index contributed by atoms with van der Waals surface area (Å²) in [4.78, 5) is 7.05. The molecule has 1 fully saturated rings. The van der Waals surface area contributed by atoms with Crippen LogP contribution in [0.3, 0.4) is 0 Å². The van der Waals surface area contributed by atoms with Crippen LogP contribution in [0.1, 0.15) is 45.9 Å². The summed E-state index contributed by atoms with van der Waals surface area (Å²) in [6.07, 6.45) is 5.46. The van der Waals surface area contributed by atoms with Crippen molar-refractivity contribution in [1.29, 1.82) is 0 Å². The Morgan fingerprint density at radius 1 is 1.50 bits per heavy atom.